The highest BCUT2D eigenvalue weighted by Crippen LogP contribution is 2.10. The molecule has 0 spiro atoms. The van der Waals surface area contributed by atoms with Crippen LogP contribution in [0.2, 0.25) is 0 Å². The van der Waals surface area contributed by atoms with Crippen LogP contribution >= 0.6 is 22.6 Å². The van der Waals surface area contributed by atoms with Crippen LogP contribution in [0.5, 0.6) is 0 Å². The molecule has 1 rings (SSSR count). The first-order valence-corrected chi connectivity index (χ1v) is 6.89. The Bertz CT molecular complexity index is 495. The second kappa shape index (κ2) is 6.31. The van der Waals surface area contributed by atoms with Crippen LogP contribution in [0.1, 0.15) is 43.7 Å². The summed E-state index contributed by atoms with van der Waals surface area (Å²) in [5.74, 6) is -0.0289. The van der Waals surface area contributed by atoms with Crippen LogP contribution < -0.4 is 5.32 Å². The molecule has 0 radical (unpaired) electrons. The molecule has 0 atom stereocenters. The van der Waals surface area contributed by atoms with Gasteiger partial charge < -0.3 is 10.1 Å². The number of aromatic nitrogens is 1. The first-order valence-electron chi connectivity index (χ1n) is 5.81. The number of hydrogen-bond donors (Lipinski definition) is 1. The highest BCUT2D eigenvalue weighted by atomic mass is 127. The van der Waals surface area contributed by atoms with E-state index in [9.17, 15) is 9.59 Å². The zero-order valence-corrected chi connectivity index (χ0v) is 13.6. The van der Waals surface area contributed by atoms with Crippen LogP contribution in [-0.2, 0) is 11.3 Å². The Kier molecular flexibility index (Phi) is 5.28. The van der Waals surface area contributed by atoms with E-state index in [-0.39, 0.29) is 12.3 Å². The third kappa shape index (κ3) is 6.00. The minimum Gasteiger partial charge on any atom is -0.444 e. The molecule has 1 N–H and O–H groups in total. The fraction of sp³-hybridized carbons (Fsp3) is 0.462. The van der Waals surface area contributed by atoms with Crippen LogP contribution in [0.15, 0.2) is 12.1 Å². The fourth-order valence-electron chi connectivity index (χ4n) is 1.32. The van der Waals surface area contributed by atoms with Gasteiger partial charge in [0.1, 0.15) is 9.30 Å². The number of ketones is 1. The number of ether oxygens (including phenoxy) is 1. The van der Waals surface area contributed by atoms with E-state index in [2.05, 4.69) is 10.3 Å². The Hall–Kier alpha value is -1.18. The van der Waals surface area contributed by atoms with Crippen molar-refractivity contribution in [1.29, 1.82) is 0 Å². The molecule has 0 aliphatic rings. The van der Waals surface area contributed by atoms with Gasteiger partial charge in [-0.15, -0.1) is 0 Å². The number of nitrogens with one attached hydrogen (secondary N) is 1. The summed E-state index contributed by atoms with van der Waals surface area (Å²) in [5.41, 5.74) is 0.677. The molecule has 5 nitrogen and oxygen atoms in total. The Morgan fingerprint density at radius 2 is 2.00 bits per heavy atom. The Balaban J connectivity index is 2.68. The van der Waals surface area contributed by atoms with Crippen LogP contribution in [0, 0.1) is 3.70 Å². The molecule has 0 aliphatic carbocycles. The second-order valence-electron chi connectivity index (χ2n) is 5.08. The molecule has 1 aromatic rings. The summed E-state index contributed by atoms with van der Waals surface area (Å²) in [4.78, 5) is 27.1. The maximum absolute atomic E-state index is 11.5. The van der Waals surface area contributed by atoms with E-state index >= 15 is 0 Å². The lowest BCUT2D eigenvalue weighted by Gasteiger charge is -2.19. The van der Waals surface area contributed by atoms with E-state index < -0.39 is 11.7 Å². The minimum absolute atomic E-state index is 0.0289. The number of Topliss-reactive ketones (excluding diaryl/α,β-unsaturated/α-hetero) is 1. The van der Waals surface area contributed by atoms with Crippen molar-refractivity contribution in [3.8, 4) is 0 Å². The number of carbonyl (C=O) groups is 2. The summed E-state index contributed by atoms with van der Waals surface area (Å²) < 4.78 is 5.83. The molecule has 0 saturated heterocycles. The zero-order chi connectivity index (χ0) is 14.6. The van der Waals surface area contributed by atoms with E-state index in [0.717, 1.165) is 0 Å². The van der Waals surface area contributed by atoms with Crippen LogP contribution in [0.4, 0.5) is 4.79 Å². The average Bonchev–Trinajstić information content (AvgIpc) is 2.23. The van der Waals surface area contributed by atoms with Crippen LogP contribution in [0.3, 0.4) is 0 Å². The lowest BCUT2D eigenvalue weighted by atomic mass is 10.1. The van der Waals surface area contributed by atoms with Crippen molar-refractivity contribution >= 4 is 34.5 Å². The Morgan fingerprint density at radius 1 is 1.37 bits per heavy atom. The number of rotatable bonds is 3. The largest absolute Gasteiger partial charge is 0.444 e. The predicted molar refractivity (Wildman–Crippen MR) is 80.0 cm³/mol. The van der Waals surface area contributed by atoms with Gasteiger partial charge in [0, 0.05) is 5.56 Å². The number of hydrogen-bond acceptors (Lipinski definition) is 4. The van der Waals surface area contributed by atoms with Gasteiger partial charge in [-0.1, -0.05) is 0 Å². The van der Waals surface area contributed by atoms with E-state index in [1.807, 2.05) is 22.6 Å². The van der Waals surface area contributed by atoms with Crippen molar-refractivity contribution in [1.82, 2.24) is 10.3 Å². The summed E-state index contributed by atoms with van der Waals surface area (Å²) in [6.45, 7) is 7.11. The van der Waals surface area contributed by atoms with Gasteiger partial charge >= 0.3 is 6.09 Å². The normalized spacial score (nSPS) is 11.0. The smallest absolute Gasteiger partial charge is 0.407 e. The van der Waals surface area contributed by atoms with E-state index in [4.69, 9.17) is 4.74 Å². The lowest BCUT2D eigenvalue weighted by Crippen LogP contribution is -2.32. The molecular weight excluding hydrogens is 359 g/mol. The third-order valence-electron chi connectivity index (χ3n) is 2.07. The Labute approximate surface area is 126 Å². The minimum atomic E-state index is -0.535. The number of amides is 1. The van der Waals surface area contributed by atoms with Gasteiger partial charge in [-0.05, 0) is 62.4 Å². The number of halogens is 1. The van der Waals surface area contributed by atoms with Gasteiger partial charge in [-0.25, -0.2) is 9.78 Å². The number of alkyl carbamates (subject to hydrolysis) is 1. The van der Waals surface area contributed by atoms with Gasteiger partial charge in [0.2, 0.25) is 0 Å². The van der Waals surface area contributed by atoms with Gasteiger partial charge in [0.15, 0.2) is 5.78 Å². The topological polar surface area (TPSA) is 68.3 Å². The molecule has 1 aromatic heterocycles. The van der Waals surface area contributed by atoms with Crippen LogP contribution in [-0.4, -0.2) is 22.5 Å². The summed E-state index contributed by atoms with van der Waals surface area (Å²) in [6, 6.07) is 3.38. The average molecular weight is 376 g/mol. The summed E-state index contributed by atoms with van der Waals surface area (Å²) in [7, 11) is 0. The Morgan fingerprint density at radius 3 is 2.53 bits per heavy atom. The monoisotopic (exact) mass is 376 g/mol. The quantitative estimate of drug-likeness (QED) is 0.501. The molecule has 1 amide bonds. The van der Waals surface area contributed by atoms with Gasteiger partial charge in [-0.2, -0.15) is 0 Å². The molecule has 0 bridgehead atoms. The molecule has 6 heteroatoms. The van der Waals surface area contributed by atoms with Crippen LogP contribution in [0.25, 0.3) is 0 Å². The molecule has 104 valence electrons. The summed E-state index contributed by atoms with van der Waals surface area (Å²) >= 11 is 2.04. The summed E-state index contributed by atoms with van der Waals surface area (Å²) in [6.07, 6.45) is -0.502. The SMILES string of the molecule is CC(=O)c1cc(I)nc(CNC(=O)OC(C)(C)C)c1. The molecule has 0 aromatic carbocycles. The molecule has 1 heterocycles. The fourth-order valence-corrected chi connectivity index (χ4v) is 1.97. The van der Waals surface area contributed by atoms with E-state index in [1.54, 1.807) is 32.9 Å². The molecule has 0 fully saturated rings. The molecule has 0 unspecified atom stereocenters. The van der Waals surface area contributed by atoms with Crippen molar-refractivity contribution in [3.63, 3.8) is 0 Å². The maximum atomic E-state index is 11.5. The molecule has 19 heavy (non-hydrogen) atoms. The van der Waals surface area contributed by atoms with Gasteiger partial charge in [-0.3, -0.25) is 4.79 Å². The first-order chi connectivity index (χ1) is 8.67. The number of carbonyl (C=O) groups excluding carboxylic acids is 2. The maximum Gasteiger partial charge on any atom is 0.407 e. The first kappa shape index (κ1) is 15.9. The van der Waals surface area contributed by atoms with Crippen molar-refractivity contribution in [3.05, 3.63) is 27.1 Å². The van der Waals surface area contributed by atoms with Gasteiger partial charge in [0.25, 0.3) is 0 Å². The second-order valence-corrected chi connectivity index (χ2v) is 6.19. The van der Waals surface area contributed by atoms with E-state index in [0.29, 0.717) is 15.0 Å². The highest BCUT2D eigenvalue weighted by Gasteiger charge is 2.16. The highest BCUT2D eigenvalue weighted by molar-refractivity contribution is 14.1. The summed E-state index contributed by atoms with van der Waals surface area (Å²) in [5, 5.41) is 2.61. The number of pyridine rings is 1. The molecule has 0 saturated carbocycles. The predicted octanol–water partition coefficient (Wildman–Crippen LogP) is 2.91. The van der Waals surface area contributed by atoms with Crippen molar-refractivity contribution in [2.75, 3.05) is 0 Å². The molecular formula is C13H17IN2O3. The third-order valence-corrected chi connectivity index (χ3v) is 2.62. The standard InChI is InChI=1S/C13H17IN2O3/c1-8(17)9-5-10(16-11(14)6-9)7-15-12(18)19-13(2,3)4/h5-6H,7H2,1-4H3,(H,15,18). The van der Waals surface area contributed by atoms with Crippen molar-refractivity contribution < 1.29 is 14.3 Å². The lowest BCUT2D eigenvalue weighted by molar-refractivity contribution is 0.0523. The molecule has 0 aliphatic heterocycles. The van der Waals surface area contributed by atoms with Gasteiger partial charge in [0.05, 0.1) is 12.2 Å². The van der Waals surface area contributed by atoms with E-state index in [1.165, 1.54) is 6.92 Å². The van der Waals surface area contributed by atoms with Crippen molar-refractivity contribution in [2.24, 2.45) is 0 Å². The van der Waals surface area contributed by atoms with Crippen molar-refractivity contribution in [2.45, 2.75) is 39.8 Å². The zero-order valence-electron chi connectivity index (χ0n) is 11.4. The number of nitrogens with zero attached hydrogens (tertiary/aromatic N) is 1.